The van der Waals surface area contributed by atoms with Gasteiger partial charge in [-0.25, -0.2) is 0 Å². The summed E-state index contributed by atoms with van der Waals surface area (Å²) in [4.78, 5) is 25.9. The second-order valence-corrected chi connectivity index (χ2v) is 7.56. The van der Waals surface area contributed by atoms with E-state index in [2.05, 4.69) is 19.2 Å². The molecule has 1 saturated carbocycles. The third kappa shape index (κ3) is 4.40. The summed E-state index contributed by atoms with van der Waals surface area (Å²) >= 11 is 1.50. The van der Waals surface area contributed by atoms with Gasteiger partial charge >= 0.3 is 0 Å². The van der Waals surface area contributed by atoms with Gasteiger partial charge in [0.2, 0.25) is 5.91 Å². The van der Waals surface area contributed by atoms with Gasteiger partial charge in [-0.05, 0) is 37.3 Å². The number of thiophene rings is 1. The molecule has 0 saturated heterocycles. The molecule has 1 aliphatic carbocycles. The summed E-state index contributed by atoms with van der Waals surface area (Å²) in [5.41, 5.74) is 0. The molecule has 3 atom stereocenters. The van der Waals surface area contributed by atoms with Crippen molar-refractivity contribution in [3.8, 4) is 0 Å². The minimum absolute atomic E-state index is 0.0163. The fraction of sp³-hybridized carbons (Fsp3) is 0.647. The summed E-state index contributed by atoms with van der Waals surface area (Å²) in [7, 11) is 0. The summed E-state index contributed by atoms with van der Waals surface area (Å²) in [5.74, 6) is 1.29. The average Bonchev–Trinajstić information content (AvgIpc) is 2.88. The van der Waals surface area contributed by atoms with Crippen LogP contribution in [0.1, 0.15) is 60.5 Å². The monoisotopic (exact) mass is 307 g/mol. The summed E-state index contributed by atoms with van der Waals surface area (Å²) in [5, 5.41) is 3.12. The quantitative estimate of drug-likeness (QED) is 0.837. The molecule has 1 aliphatic rings. The maximum atomic E-state index is 12.0. The van der Waals surface area contributed by atoms with E-state index in [1.54, 1.807) is 0 Å². The number of aryl methyl sites for hydroxylation is 1. The maximum Gasteiger partial charge on any atom is 0.220 e. The van der Waals surface area contributed by atoms with Crippen LogP contribution in [0.15, 0.2) is 12.1 Å². The van der Waals surface area contributed by atoms with Gasteiger partial charge in [-0.2, -0.15) is 0 Å². The summed E-state index contributed by atoms with van der Waals surface area (Å²) in [6, 6.07) is 4.08. The van der Waals surface area contributed by atoms with Crippen LogP contribution >= 0.6 is 11.3 Å². The van der Waals surface area contributed by atoms with Crippen molar-refractivity contribution < 1.29 is 9.59 Å². The Hall–Kier alpha value is -1.16. The third-order valence-electron chi connectivity index (χ3n) is 4.65. The van der Waals surface area contributed by atoms with Gasteiger partial charge < -0.3 is 5.32 Å². The van der Waals surface area contributed by atoms with Crippen LogP contribution in [0.5, 0.6) is 0 Å². The number of hydrogen-bond acceptors (Lipinski definition) is 3. The van der Waals surface area contributed by atoms with Crippen molar-refractivity contribution in [2.45, 2.75) is 58.9 Å². The van der Waals surface area contributed by atoms with Crippen LogP contribution < -0.4 is 5.32 Å². The molecule has 1 aromatic rings. The predicted molar refractivity (Wildman–Crippen MR) is 86.7 cm³/mol. The van der Waals surface area contributed by atoms with Gasteiger partial charge in [0.05, 0.1) is 4.88 Å². The highest BCUT2D eigenvalue weighted by Crippen LogP contribution is 2.29. The van der Waals surface area contributed by atoms with E-state index in [9.17, 15) is 9.59 Å². The molecule has 116 valence electrons. The first kappa shape index (κ1) is 16.2. The Bertz CT molecular complexity index is 509. The van der Waals surface area contributed by atoms with Crippen LogP contribution in [0.2, 0.25) is 0 Å². The molecule has 21 heavy (non-hydrogen) atoms. The van der Waals surface area contributed by atoms with E-state index in [1.165, 1.54) is 24.2 Å². The normalized spacial score (nSPS) is 25.6. The summed E-state index contributed by atoms with van der Waals surface area (Å²) in [6.45, 7) is 6.46. The molecule has 0 bridgehead atoms. The Morgan fingerprint density at radius 2 is 2.00 bits per heavy atom. The highest BCUT2D eigenvalue weighted by atomic mass is 32.1. The van der Waals surface area contributed by atoms with E-state index in [-0.39, 0.29) is 17.7 Å². The third-order valence-corrected chi connectivity index (χ3v) is 5.69. The molecular weight excluding hydrogens is 282 g/mol. The molecule has 3 unspecified atom stereocenters. The van der Waals surface area contributed by atoms with Crippen LogP contribution in [0.3, 0.4) is 0 Å². The Kier molecular flexibility index (Phi) is 5.57. The standard InChI is InChI=1S/C17H25NO2S/c1-11-5-4-6-14(13(11)3)18-17(20)10-8-15(19)16-9-7-12(2)21-16/h7,9,11,13-14H,4-6,8,10H2,1-3H3,(H,18,20). The lowest BCUT2D eigenvalue weighted by atomic mass is 9.78. The van der Waals surface area contributed by atoms with Gasteiger partial charge in [0.25, 0.3) is 0 Å². The van der Waals surface area contributed by atoms with Crippen molar-refractivity contribution in [3.63, 3.8) is 0 Å². The fourth-order valence-corrected chi connectivity index (χ4v) is 3.83. The minimum Gasteiger partial charge on any atom is -0.353 e. The first-order valence-corrected chi connectivity index (χ1v) is 8.68. The average molecular weight is 307 g/mol. The highest BCUT2D eigenvalue weighted by Gasteiger charge is 2.28. The van der Waals surface area contributed by atoms with Crippen LogP contribution in [-0.2, 0) is 4.79 Å². The van der Waals surface area contributed by atoms with Crippen molar-refractivity contribution in [1.82, 2.24) is 5.32 Å². The minimum atomic E-state index is 0.0163. The first-order chi connectivity index (χ1) is 9.97. The number of carbonyl (C=O) groups is 2. The van der Waals surface area contributed by atoms with Crippen molar-refractivity contribution in [2.75, 3.05) is 0 Å². The molecule has 0 spiro atoms. The van der Waals surface area contributed by atoms with Gasteiger partial charge in [0, 0.05) is 23.8 Å². The number of ketones is 1. The van der Waals surface area contributed by atoms with Crippen molar-refractivity contribution in [2.24, 2.45) is 11.8 Å². The molecule has 0 aromatic carbocycles. The second kappa shape index (κ2) is 7.21. The number of rotatable bonds is 5. The lowest BCUT2D eigenvalue weighted by Gasteiger charge is -2.34. The lowest BCUT2D eigenvalue weighted by molar-refractivity contribution is -0.122. The maximum absolute atomic E-state index is 12.0. The van der Waals surface area contributed by atoms with Gasteiger partial charge in [-0.3, -0.25) is 9.59 Å². The molecule has 0 aliphatic heterocycles. The van der Waals surface area contributed by atoms with Crippen LogP contribution in [-0.4, -0.2) is 17.7 Å². The van der Waals surface area contributed by atoms with Crippen molar-refractivity contribution in [3.05, 3.63) is 21.9 Å². The summed E-state index contributed by atoms with van der Waals surface area (Å²) in [6.07, 6.45) is 4.11. The van der Waals surface area contributed by atoms with E-state index in [4.69, 9.17) is 0 Å². The zero-order valence-electron chi connectivity index (χ0n) is 13.1. The molecule has 0 radical (unpaired) electrons. The fourth-order valence-electron chi connectivity index (χ4n) is 3.00. The first-order valence-electron chi connectivity index (χ1n) is 7.86. The number of hydrogen-bond donors (Lipinski definition) is 1. The van der Waals surface area contributed by atoms with E-state index >= 15 is 0 Å². The molecule has 1 amide bonds. The van der Waals surface area contributed by atoms with Crippen LogP contribution in [0.4, 0.5) is 0 Å². The van der Waals surface area contributed by atoms with Crippen molar-refractivity contribution >= 4 is 23.0 Å². The van der Waals surface area contributed by atoms with E-state index < -0.39 is 0 Å². The molecular formula is C17H25NO2S. The number of amides is 1. The molecule has 4 heteroatoms. The van der Waals surface area contributed by atoms with Gasteiger partial charge in [-0.1, -0.05) is 26.7 Å². The molecule has 1 heterocycles. The molecule has 3 nitrogen and oxygen atoms in total. The lowest BCUT2D eigenvalue weighted by Crippen LogP contribution is -2.43. The zero-order valence-corrected chi connectivity index (χ0v) is 14.0. The van der Waals surface area contributed by atoms with Crippen molar-refractivity contribution in [1.29, 1.82) is 0 Å². The van der Waals surface area contributed by atoms with E-state index in [1.807, 2.05) is 19.1 Å². The SMILES string of the molecule is Cc1ccc(C(=O)CCC(=O)NC2CCCC(C)C2C)s1. The predicted octanol–water partition coefficient (Wildman–Crippen LogP) is 3.96. The Labute approximate surface area is 131 Å². The van der Waals surface area contributed by atoms with Gasteiger partial charge in [0.15, 0.2) is 5.78 Å². The van der Waals surface area contributed by atoms with Crippen LogP contribution in [0, 0.1) is 18.8 Å². The number of nitrogens with one attached hydrogen (secondary N) is 1. The molecule has 2 rings (SSSR count). The smallest absolute Gasteiger partial charge is 0.220 e. The van der Waals surface area contributed by atoms with Gasteiger partial charge in [0.1, 0.15) is 0 Å². The van der Waals surface area contributed by atoms with Crippen LogP contribution in [0.25, 0.3) is 0 Å². The second-order valence-electron chi connectivity index (χ2n) is 6.27. The number of carbonyl (C=O) groups excluding carboxylic acids is 2. The topological polar surface area (TPSA) is 46.2 Å². The Morgan fingerprint density at radius 1 is 1.24 bits per heavy atom. The summed E-state index contributed by atoms with van der Waals surface area (Å²) < 4.78 is 0. The van der Waals surface area contributed by atoms with E-state index in [0.29, 0.717) is 24.7 Å². The van der Waals surface area contributed by atoms with E-state index in [0.717, 1.165) is 16.2 Å². The number of Topliss-reactive ketones (excluding diaryl/α,β-unsaturated/α-hetero) is 1. The molecule has 1 fully saturated rings. The zero-order chi connectivity index (χ0) is 15.4. The Balaban J connectivity index is 1.78. The highest BCUT2D eigenvalue weighted by molar-refractivity contribution is 7.14. The Morgan fingerprint density at radius 3 is 2.67 bits per heavy atom. The molecule has 1 N–H and O–H groups in total. The van der Waals surface area contributed by atoms with Gasteiger partial charge in [-0.15, -0.1) is 11.3 Å². The molecule has 1 aromatic heterocycles. The largest absolute Gasteiger partial charge is 0.353 e.